The summed E-state index contributed by atoms with van der Waals surface area (Å²) < 4.78 is 17.3. The van der Waals surface area contributed by atoms with E-state index in [9.17, 15) is 9.18 Å². The Bertz CT molecular complexity index is 211. The maximum absolute atomic E-state index is 12.3. The molecule has 0 heterocycles. The number of hydrogen-bond donors (Lipinski definition) is 1. The van der Waals surface area contributed by atoms with Gasteiger partial charge in [-0.15, -0.1) is 0 Å². The Kier molecular flexibility index (Phi) is 3.34. The summed E-state index contributed by atoms with van der Waals surface area (Å²) in [5.41, 5.74) is -0.487. The zero-order chi connectivity index (χ0) is 10.8. The molecule has 0 aromatic heterocycles. The van der Waals surface area contributed by atoms with Gasteiger partial charge in [0.05, 0.1) is 6.67 Å². The van der Waals surface area contributed by atoms with Crippen LogP contribution >= 0.6 is 0 Å². The summed E-state index contributed by atoms with van der Waals surface area (Å²) in [7, 11) is 0. The molecule has 0 saturated heterocycles. The number of amides is 1. The maximum atomic E-state index is 12.3. The highest BCUT2D eigenvalue weighted by Gasteiger charge is 2.33. The van der Waals surface area contributed by atoms with E-state index >= 15 is 0 Å². The Morgan fingerprint density at radius 2 is 2.14 bits per heavy atom. The van der Waals surface area contributed by atoms with Crippen LogP contribution < -0.4 is 5.32 Å². The lowest BCUT2D eigenvalue weighted by Gasteiger charge is -2.35. The molecule has 0 aromatic rings. The van der Waals surface area contributed by atoms with E-state index in [0.717, 1.165) is 12.8 Å². The van der Waals surface area contributed by atoms with E-state index in [-0.39, 0.29) is 18.6 Å². The molecule has 1 aliphatic carbocycles. The van der Waals surface area contributed by atoms with Gasteiger partial charge in [-0.25, -0.2) is 4.79 Å². The van der Waals surface area contributed by atoms with Crippen LogP contribution in [0.3, 0.4) is 0 Å². The summed E-state index contributed by atoms with van der Waals surface area (Å²) in [5, 5.41) is 2.67. The molecular weight excluding hydrogens is 185 g/mol. The number of carbonyl (C=O) groups is 1. The number of alkyl halides is 1. The molecule has 0 aromatic carbocycles. The standard InChI is InChI=1S/C10H18FNO2/c1-10(2,3)14-9(13)12-8-5-4-7(8)6-11/h7-8H,4-6H2,1-3H3,(H,12,13)/t7-,8+/m0/s1. The summed E-state index contributed by atoms with van der Waals surface area (Å²) in [6.07, 6.45) is 1.27. The Hall–Kier alpha value is -0.800. The summed E-state index contributed by atoms with van der Waals surface area (Å²) in [4.78, 5) is 11.3. The molecule has 82 valence electrons. The second-order valence-corrected chi connectivity index (χ2v) is 4.74. The number of halogens is 1. The Morgan fingerprint density at radius 3 is 2.50 bits per heavy atom. The van der Waals surface area contributed by atoms with Crippen LogP contribution in [0, 0.1) is 5.92 Å². The van der Waals surface area contributed by atoms with Crippen molar-refractivity contribution in [3.63, 3.8) is 0 Å². The minimum atomic E-state index is -0.487. The number of nitrogens with one attached hydrogen (secondary N) is 1. The normalized spacial score (nSPS) is 26.6. The van der Waals surface area contributed by atoms with E-state index in [0.29, 0.717) is 0 Å². The fourth-order valence-corrected chi connectivity index (χ4v) is 1.40. The van der Waals surface area contributed by atoms with Crippen LogP contribution in [0.2, 0.25) is 0 Å². The lowest BCUT2D eigenvalue weighted by Crippen LogP contribution is -2.49. The van der Waals surface area contributed by atoms with Gasteiger partial charge in [0.25, 0.3) is 0 Å². The van der Waals surface area contributed by atoms with Gasteiger partial charge in [-0.2, -0.15) is 0 Å². The summed E-state index contributed by atoms with van der Waals surface area (Å²) >= 11 is 0. The summed E-state index contributed by atoms with van der Waals surface area (Å²) in [6, 6.07) is -0.0325. The van der Waals surface area contributed by atoms with Crippen LogP contribution in [0.15, 0.2) is 0 Å². The van der Waals surface area contributed by atoms with Crippen LogP contribution in [-0.2, 0) is 4.74 Å². The second kappa shape index (κ2) is 4.15. The van der Waals surface area contributed by atoms with Gasteiger partial charge in [0.1, 0.15) is 5.60 Å². The molecular formula is C10H18FNO2. The molecule has 0 unspecified atom stereocenters. The largest absolute Gasteiger partial charge is 0.444 e. The molecule has 3 nitrogen and oxygen atoms in total. The predicted molar refractivity (Wildman–Crippen MR) is 51.9 cm³/mol. The summed E-state index contributed by atoms with van der Waals surface area (Å²) in [6.45, 7) is 5.06. The van der Waals surface area contributed by atoms with Crippen LogP contribution in [0.25, 0.3) is 0 Å². The van der Waals surface area contributed by atoms with Crippen molar-refractivity contribution in [3.05, 3.63) is 0 Å². The fourth-order valence-electron chi connectivity index (χ4n) is 1.40. The van der Waals surface area contributed by atoms with Crippen molar-refractivity contribution in [2.24, 2.45) is 5.92 Å². The second-order valence-electron chi connectivity index (χ2n) is 4.74. The third-order valence-corrected chi connectivity index (χ3v) is 2.32. The molecule has 14 heavy (non-hydrogen) atoms. The predicted octanol–water partition coefficient (Wildman–Crippen LogP) is 2.26. The first kappa shape index (κ1) is 11.3. The topological polar surface area (TPSA) is 38.3 Å². The van der Waals surface area contributed by atoms with Gasteiger partial charge in [-0.1, -0.05) is 0 Å². The highest BCUT2D eigenvalue weighted by atomic mass is 19.1. The van der Waals surface area contributed by atoms with Gasteiger partial charge in [0.2, 0.25) is 0 Å². The molecule has 1 aliphatic rings. The molecule has 2 atom stereocenters. The van der Waals surface area contributed by atoms with Gasteiger partial charge in [0, 0.05) is 12.0 Å². The van der Waals surface area contributed by atoms with Crippen LogP contribution in [0.5, 0.6) is 0 Å². The van der Waals surface area contributed by atoms with Crippen molar-refractivity contribution >= 4 is 6.09 Å². The molecule has 0 radical (unpaired) electrons. The molecule has 1 amide bonds. The Morgan fingerprint density at radius 1 is 1.50 bits per heavy atom. The molecule has 0 bridgehead atoms. The van der Waals surface area contributed by atoms with Crippen molar-refractivity contribution in [2.75, 3.05) is 6.67 Å². The Labute approximate surface area is 84.0 Å². The zero-order valence-corrected chi connectivity index (χ0v) is 8.97. The van der Waals surface area contributed by atoms with E-state index < -0.39 is 11.7 Å². The lowest BCUT2D eigenvalue weighted by molar-refractivity contribution is 0.0422. The number of carbonyl (C=O) groups excluding carboxylic acids is 1. The van der Waals surface area contributed by atoms with Crippen molar-refractivity contribution in [1.82, 2.24) is 5.32 Å². The van der Waals surface area contributed by atoms with Crippen molar-refractivity contribution in [2.45, 2.75) is 45.3 Å². The van der Waals surface area contributed by atoms with Gasteiger partial charge in [-0.05, 0) is 33.6 Å². The number of hydrogen-bond acceptors (Lipinski definition) is 2. The smallest absolute Gasteiger partial charge is 0.407 e. The lowest BCUT2D eigenvalue weighted by atomic mass is 9.81. The minimum absolute atomic E-state index is 0.0116. The van der Waals surface area contributed by atoms with Crippen LogP contribution in [0.1, 0.15) is 33.6 Å². The summed E-state index contributed by atoms with van der Waals surface area (Å²) in [5.74, 6) is -0.0116. The molecule has 0 spiro atoms. The van der Waals surface area contributed by atoms with Gasteiger partial charge in [0.15, 0.2) is 0 Å². The van der Waals surface area contributed by atoms with Crippen molar-refractivity contribution in [3.8, 4) is 0 Å². The van der Waals surface area contributed by atoms with Crippen molar-refractivity contribution < 1.29 is 13.9 Å². The van der Waals surface area contributed by atoms with Crippen LogP contribution in [-0.4, -0.2) is 24.4 Å². The SMILES string of the molecule is CC(C)(C)OC(=O)N[C@@H]1CC[C@H]1CF. The number of ether oxygens (including phenoxy) is 1. The van der Waals surface area contributed by atoms with Gasteiger partial charge < -0.3 is 10.1 Å². The van der Waals surface area contributed by atoms with E-state index in [1.807, 2.05) is 0 Å². The fraction of sp³-hybridized carbons (Fsp3) is 0.900. The Balaban J connectivity index is 2.27. The zero-order valence-electron chi connectivity index (χ0n) is 8.97. The molecule has 1 saturated carbocycles. The molecule has 1 rings (SSSR count). The van der Waals surface area contributed by atoms with E-state index in [1.54, 1.807) is 20.8 Å². The van der Waals surface area contributed by atoms with Crippen LogP contribution in [0.4, 0.5) is 9.18 Å². The first-order valence-corrected chi connectivity index (χ1v) is 4.98. The average Bonchev–Trinajstić information content (AvgIpc) is 1.96. The number of rotatable bonds is 2. The van der Waals surface area contributed by atoms with E-state index in [4.69, 9.17) is 4.74 Å². The molecule has 1 N–H and O–H groups in total. The van der Waals surface area contributed by atoms with Crippen molar-refractivity contribution in [1.29, 1.82) is 0 Å². The third kappa shape index (κ3) is 3.16. The molecule has 4 heteroatoms. The first-order valence-electron chi connectivity index (χ1n) is 4.98. The minimum Gasteiger partial charge on any atom is -0.444 e. The molecule has 0 aliphatic heterocycles. The first-order chi connectivity index (χ1) is 6.42. The average molecular weight is 203 g/mol. The van der Waals surface area contributed by atoms with Gasteiger partial charge in [-0.3, -0.25) is 4.39 Å². The monoisotopic (exact) mass is 203 g/mol. The highest BCUT2D eigenvalue weighted by molar-refractivity contribution is 5.68. The number of alkyl carbamates (subject to hydrolysis) is 1. The van der Waals surface area contributed by atoms with E-state index in [2.05, 4.69) is 5.32 Å². The van der Waals surface area contributed by atoms with E-state index in [1.165, 1.54) is 0 Å². The highest BCUT2D eigenvalue weighted by Crippen LogP contribution is 2.27. The van der Waals surface area contributed by atoms with Gasteiger partial charge >= 0.3 is 6.09 Å². The quantitative estimate of drug-likeness (QED) is 0.747. The third-order valence-electron chi connectivity index (χ3n) is 2.32. The maximum Gasteiger partial charge on any atom is 0.407 e. The molecule has 1 fully saturated rings.